The van der Waals surface area contributed by atoms with Crippen molar-refractivity contribution >= 4 is 17.3 Å². The van der Waals surface area contributed by atoms with Gasteiger partial charge in [-0.3, -0.25) is 4.68 Å². The standard InChI is InChI=1S/C15H12N2O2S/c18-15(19)13-9-12(14-7-4-8-20-14)16-17(13)10-11-5-2-1-3-6-11/h1-9H,10H2,(H,18,19). The molecule has 0 saturated heterocycles. The van der Waals surface area contributed by atoms with E-state index in [9.17, 15) is 9.90 Å². The Hall–Kier alpha value is -2.40. The quantitative estimate of drug-likeness (QED) is 0.799. The Bertz CT molecular complexity index is 718. The summed E-state index contributed by atoms with van der Waals surface area (Å²) in [5.74, 6) is -0.962. The first-order valence-corrected chi connectivity index (χ1v) is 7.01. The SMILES string of the molecule is O=C(O)c1cc(-c2cccs2)nn1Cc1ccccc1. The van der Waals surface area contributed by atoms with Crippen LogP contribution in [-0.2, 0) is 6.54 Å². The molecule has 0 bridgehead atoms. The van der Waals surface area contributed by atoms with Gasteiger partial charge in [0.1, 0.15) is 11.4 Å². The van der Waals surface area contributed by atoms with Crippen LogP contribution >= 0.6 is 11.3 Å². The van der Waals surface area contributed by atoms with Gasteiger partial charge in [-0.05, 0) is 23.1 Å². The van der Waals surface area contributed by atoms with Gasteiger partial charge in [-0.1, -0.05) is 36.4 Å². The normalized spacial score (nSPS) is 10.6. The van der Waals surface area contributed by atoms with Gasteiger partial charge in [-0.2, -0.15) is 5.10 Å². The molecule has 0 aliphatic heterocycles. The van der Waals surface area contributed by atoms with Crippen LogP contribution in [0.25, 0.3) is 10.6 Å². The Morgan fingerprint density at radius 1 is 1.20 bits per heavy atom. The molecule has 0 unspecified atom stereocenters. The minimum Gasteiger partial charge on any atom is -0.477 e. The van der Waals surface area contributed by atoms with Gasteiger partial charge in [0.05, 0.1) is 11.4 Å². The zero-order valence-electron chi connectivity index (χ0n) is 10.6. The molecule has 0 fully saturated rings. The molecule has 100 valence electrons. The topological polar surface area (TPSA) is 55.1 Å². The van der Waals surface area contributed by atoms with Gasteiger partial charge in [0.2, 0.25) is 0 Å². The minimum absolute atomic E-state index is 0.206. The molecule has 3 rings (SSSR count). The van der Waals surface area contributed by atoms with Gasteiger partial charge in [0.25, 0.3) is 0 Å². The minimum atomic E-state index is -0.962. The van der Waals surface area contributed by atoms with Crippen LogP contribution in [0.15, 0.2) is 53.9 Å². The van der Waals surface area contributed by atoms with E-state index in [1.807, 2.05) is 47.8 Å². The summed E-state index contributed by atoms with van der Waals surface area (Å²) < 4.78 is 1.53. The molecule has 4 nitrogen and oxygen atoms in total. The van der Waals surface area contributed by atoms with Crippen molar-refractivity contribution in [2.45, 2.75) is 6.54 Å². The smallest absolute Gasteiger partial charge is 0.354 e. The predicted octanol–water partition coefficient (Wildman–Crippen LogP) is 3.36. The number of rotatable bonds is 4. The monoisotopic (exact) mass is 284 g/mol. The molecule has 0 saturated carbocycles. The number of carboxylic acids is 1. The number of hydrogen-bond acceptors (Lipinski definition) is 3. The molecule has 3 aromatic rings. The van der Waals surface area contributed by atoms with Gasteiger partial charge in [0, 0.05) is 0 Å². The highest BCUT2D eigenvalue weighted by molar-refractivity contribution is 7.13. The third-order valence-corrected chi connectivity index (χ3v) is 3.84. The molecule has 1 aromatic carbocycles. The van der Waals surface area contributed by atoms with Crippen LogP contribution in [0.5, 0.6) is 0 Å². The predicted molar refractivity (Wildman–Crippen MR) is 78.0 cm³/mol. The molecular weight excluding hydrogens is 272 g/mol. The lowest BCUT2D eigenvalue weighted by atomic mass is 10.2. The summed E-state index contributed by atoms with van der Waals surface area (Å²) in [4.78, 5) is 12.3. The first kappa shape index (κ1) is 12.6. The van der Waals surface area contributed by atoms with Crippen molar-refractivity contribution in [2.24, 2.45) is 0 Å². The number of hydrogen-bond donors (Lipinski definition) is 1. The van der Waals surface area contributed by atoms with Crippen LogP contribution in [0.3, 0.4) is 0 Å². The Morgan fingerprint density at radius 3 is 2.65 bits per heavy atom. The lowest BCUT2D eigenvalue weighted by Crippen LogP contribution is -2.10. The van der Waals surface area contributed by atoms with Crippen LogP contribution in [0.2, 0.25) is 0 Å². The number of benzene rings is 1. The maximum absolute atomic E-state index is 11.3. The van der Waals surface area contributed by atoms with E-state index in [0.29, 0.717) is 12.2 Å². The molecular formula is C15H12N2O2S. The number of aromatic nitrogens is 2. The van der Waals surface area contributed by atoms with E-state index in [1.54, 1.807) is 17.4 Å². The summed E-state index contributed by atoms with van der Waals surface area (Å²) >= 11 is 1.55. The summed E-state index contributed by atoms with van der Waals surface area (Å²) in [7, 11) is 0. The highest BCUT2D eigenvalue weighted by Crippen LogP contribution is 2.24. The number of aromatic carboxylic acids is 1. The van der Waals surface area contributed by atoms with Gasteiger partial charge >= 0.3 is 5.97 Å². The molecule has 2 heterocycles. The van der Waals surface area contributed by atoms with E-state index in [2.05, 4.69) is 5.10 Å². The van der Waals surface area contributed by atoms with E-state index >= 15 is 0 Å². The fraction of sp³-hybridized carbons (Fsp3) is 0.0667. The van der Waals surface area contributed by atoms with Crippen molar-refractivity contribution in [3.8, 4) is 10.6 Å². The fourth-order valence-electron chi connectivity index (χ4n) is 2.01. The molecule has 0 aliphatic rings. The Balaban J connectivity index is 1.99. The van der Waals surface area contributed by atoms with Crippen molar-refractivity contribution in [3.63, 3.8) is 0 Å². The van der Waals surface area contributed by atoms with Crippen LogP contribution in [0.4, 0.5) is 0 Å². The Kier molecular flexibility index (Phi) is 3.35. The van der Waals surface area contributed by atoms with E-state index < -0.39 is 5.97 Å². The largest absolute Gasteiger partial charge is 0.477 e. The molecule has 0 spiro atoms. The average molecular weight is 284 g/mol. The Labute approximate surface area is 119 Å². The van der Waals surface area contributed by atoms with Gasteiger partial charge in [0.15, 0.2) is 0 Å². The summed E-state index contributed by atoms with van der Waals surface area (Å²) in [6, 6.07) is 15.2. The maximum Gasteiger partial charge on any atom is 0.354 e. The van der Waals surface area contributed by atoms with E-state index in [-0.39, 0.29) is 5.69 Å². The molecule has 1 N–H and O–H groups in total. The fourth-order valence-corrected chi connectivity index (χ4v) is 2.69. The van der Waals surface area contributed by atoms with Crippen LogP contribution in [0.1, 0.15) is 16.1 Å². The zero-order valence-corrected chi connectivity index (χ0v) is 11.4. The first-order chi connectivity index (χ1) is 9.74. The van der Waals surface area contributed by atoms with Crippen molar-refractivity contribution in [1.82, 2.24) is 9.78 Å². The van der Waals surface area contributed by atoms with Crippen LogP contribution in [-0.4, -0.2) is 20.9 Å². The van der Waals surface area contributed by atoms with E-state index in [0.717, 1.165) is 10.4 Å². The second kappa shape index (κ2) is 5.30. The summed E-state index contributed by atoms with van der Waals surface area (Å²) in [6.07, 6.45) is 0. The van der Waals surface area contributed by atoms with E-state index in [1.165, 1.54) is 4.68 Å². The van der Waals surface area contributed by atoms with Crippen molar-refractivity contribution in [3.05, 3.63) is 65.2 Å². The highest BCUT2D eigenvalue weighted by atomic mass is 32.1. The molecule has 20 heavy (non-hydrogen) atoms. The summed E-state index contributed by atoms with van der Waals surface area (Å²) in [5, 5.41) is 15.7. The zero-order chi connectivity index (χ0) is 13.9. The number of carbonyl (C=O) groups is 1. The number of carboxylic acid groups (broad SMARTS) is 1. The molecule has 0 radical (unpaired) electrons. The molecule has 0 amide bonds. The lowest BCUT2D eigenvalue weighted by Gasteiger charge is -2.04. The molecule has 0 atom stereocenters. The Morgan fingerprint density at radius 2 is 2.00 bits per heavy atom. The number of nitrogens with zero attached hydrogens (tertiary/aromatic N) is 2. The highest BCUT2D eigenvalue weighted by Gasteiger charge is 2.15. The molecule has 0 aliphatic carbocycles. The molecule has 2 aromatic heterocycles. The average Bonchev–Trinajstić information content (AvgIpc) is 3.08. The van der Waals surface area contributed by atoms with Crippen molar-refractivity contribution in [2.75, 3.05) is 0 Å². The maximum atomic E-state index is 11.3. The second-order valence-electron chi connectivity index (χ2n) is 4.34. The van der Waals surface area contributed by atoms with E-state index in [4.69, 9.17) is 0 Å². The summed E-state index contributed by atoms with van der Waals surface area (Å²) in [5.41, 5.74) is 1.93. The van der Waals surface area contributed by atoms with Gasteiger partial charge in [-0.15, -0.1) is 11.3 Å². The summed E-state index contributed by atoms with van der Waals surface area (Å²) in [6.45, 7) is 0.452. The third kappa shape index (κ3) is 2.48. The lowest BCUT2D eigenvalue weighted by molar-refractivity contribution is 0.0684. The first-order valence-electron chi connectivity index (χ1n) is 6.13. The number of thiophene rings is 1. The third-order valence-electron chi connectivity index (χ3n) is 2.95. The second-order valence-corrected chi connectivity index (χ2v) is 5.29. The van der Waals surface area contributed by atoms with Crippen molar-refractivity contribution < 1.29 is 9.90 Å². The molecule has 5 heteroatoms. The van der Waals surface area contributed by atoms with Gasteiger partial charge < -0.3 is 5.11 Å². The van der Waals surface area contributed by atoms with Crippen LogP contribution in [0, 0.1) is 0 Å². The van der Waals surface area contributed by atoms with Crippen LogP contribution < -0.4 is 0 Å². The van der Waals surface area contributed by atoms with Gasteiger partial charge in [-0.25, -0.2) is 4.79 Å². The van der Waals surface area contributed by atoms with Crippen molar-refractivity contribution in [1.29, 1.82) is 0 Å².